The summed E-state index contributed by atoms with van der Waals surface area (Å²) in [4.78, 5) is 10.3. The molecule has 0 saturated carbocycles. The number of benzene rings is 2. The number of hydrogen-bond donors (Lipinski definition) is 2. The Morgan fingerprint density at radius 3 is 2.25 bits per heavy atom. The molecule has 6 heteroatoms. The molecule has 4 nitrogen and oxygen atoms in total. The molecule has 0 fully saturated rings. The summed E-state index contributed by atoms with van der Waals surface area (Å²) in [5, 5.41) is 9.54. The molecule has 128 valence electrons. The van der Waals surface area contributed by atoms with Crippen LogP contribution in [0.15, 0.2) is 54.6 Å². The van der Waals surface area contributed by atoms with Gasteiger partial charge in [-0.1, -0.05) is 42.5 Å². The predicted octanol–water partition coefficient (Wildman–Crippen LogP) is 2.68. The summed E-state index contributed by atoms with van der Waals surface area (Å²) in [7, 11) is 0. The lowest BCUT2D eigenvalue weighted by Gasteiger charge is -2.28. The quantitative estimate of drug-likeness (QED) is 0.575. The molecular formula is C18H19F2NO3. The maximum absolute atomic E-state index is 13.2. The van der Waals surface area contributed by atoms with Crippen LogP contribution in [0.25, 0.3) is 0 Å². The molecule has 0 aromatic heterocycles. The molecule has 0 aliphatic carbocycles. The van der Waals surface area contributed by atoms with Gasteiger partial charge in [0, 0.05) is 6.42 Å². The zero-order chi connectivity index (χ0) is 17.6. The van der Waals surface area contributed by atoms with Crippen molar-refractivity contribution in [2.45, 2.75) is 31.1 Å². The van der Waals surface area contributed by atoms with Gasteiger partial charge in [0.2, 0.25) is 0 Å². The summed E-state index contributed by atoms with van der Waals surface area (Å²) >= 11 is 0. The van der Waals surface area contributed by atoms with Gasteiger partial charge in [0.25, 0.3) is 0 Å². The average molecular weight is 335 g/mol. The second-order valence-electron chi connectivity index (χ2n) is 5.58. The number of carbonyl (C=O) groups excluding carboxylic acids is 1. The van der Waals surface area contributed by atoms with Gasteiger partial charge >= 0.3 is 5.92 Å². The Hall–Kier alpha value is -2.31. The minimum absolute atomic E-state index is 0.107. The van der Waals surface area contributed by atoms with Crippen molar-refractivity contribution < 1.29 is 23.4 Å². The zero-order valence-corrected chi connectivity index (χ0v) is 13.0. The zero-order valence-electron chi connectivity index (χ0n) is 13.0. The van der Waals surface area contributed by atoms with Gasteiger partial charge < -0.3 is 9.84 Å². The second-order valence-corrected chi connectivity index (χ2v) is 5.58. The normalized spacial score (nSPS) is 14.0. The van der Waals surface area contributed by atoms with Gasteiger partial charge in [-0.25, -0.2) is 0 Å². The molecule has 0 aliphatic rings. The summed E-state index contributed by atoms with van der Waals surface area (Å²) in [6.07, 6.45) is -0.966. The Kier molecular flexibility index (Phi) is 5.64. The Morgan fingerprint density at radius 1 is 1.04 bits per heavy atom. The molecule has 0 bridgehead atoms. The van der Waals surface area contributed by atoms with Crippen molar-refractivity contribution in [1.82, 2.24) is 0 Å². The molecule has 0 saturated heterocycles. The summed E-state index contributed by atoms with van der Waals surface area (Å²) in [6, 6.07) is 16.5. The molecule has 0 radical (unpaired) electrons. The van der Waals surface area contributed by atoms with E-state index in [4.69, 9.17) is 10.5 Å². The van der Waals surface area contributed by atoms with E-state index in [1.807, 2.05) is 30.3 Å². The lowest BCUT2D eigenvalue weighted by molar-refractivity contribution is -0.179. The fraction of sp³-hybridized carbons (Fsp3) is 0.278. The van der Waals surface area contributed by atoms with Crippen molar-refractivity contribution in [3.63, 3.8) is 0 Å². The first-order valence-electron chi connectivity index (χ1n) is 7.45. The van der Waals surface area contributed by atoms with Crippen molar-refractivity contribution in [3.05, 3.63) is 65.7 Å². The van der Waals surface area contributed by atoms with Crippen LogP contribution < -0.4 is 10.5 Å². The van der Waals surface area contributed by atoms with Crippen LogP contribution >= 0.6 is 0 Å². The molecule has 2 rings (SSSR count). The highest BCUT2D eigenvalue weighted by Gasteiger charge is 2.49. The van der Waals surface area contributed by atoms with E-state index in [-0.39, 0.29) is 6.42 Å². The van der Waals surface area contributed by atoms with Crippen molar-refractivity contribution in [2.24, 2.45) is 5.73 Å². The monoisotopic (exact) mass is 335 g/mol. The van der Waals surface area contributed by atoms with E-state index in [1.54, 1.807) is 24.3 Å². The number of carbonyl (C=O) groups is 1. The average Bonchev–Trinajstić information content (AvgIpc) is 2.60. The minimum atomic E-state index is -3.98. The van der Waals surface area contributed by atoms with Crippen LogP contribution in [0.3, 0.4) is 0 Å². The number of alkyl halides is 2. The standard InChI is InChI=1S/C18H19F2NO3/c19-17(20,13-22)18(21,23)11-10-14-6-8-16(9-7-14)24-12-15-4-2-1-3-5-15/h1-9,13,23H,10-12,21H2. The van der Waals surface area contributed by atoms with Gasteiger partial charge in [0.15, 0.2) is 12.0 Å². The summed E-state index contributed by atoms with van der Waals surface area (Å²) in [6.45, 7) is 0.425. The van der Waals surface area contributed by atoms with Crippen molar-refractivity contribution in [1.29, 1.82) is 0 Å². The fourth-order valence-corrected chi connectivity index (χ4v) is 2.10. The van der Waals surface area contributed by atoms with Gasteiger partial charge in [0.05, 0.1) is 0 Å². The third-order valence-electron chi connectivity index (χ3n) is 3.69. The number of hydrogen-bond acceptors (Lipinski definition) is 4. The highest BCUT2D eigenvalue weighted by atomic mass is 19.3. The molecule has 2 aromatic rings. The largest absolute Gasteiger partial charge is 0.489 e. The van der Waals surface area contributed by atoms with Crippen LogP contribution in [-0.2, 0) is 17.8 Å². The number of ether oxygens (including phenoxy) is 1. The number of aryl methyl sites for hydroxylation is 1. The topological polar surface area (TPSA) is 72.6 Å². The summed E-state index contributed by atoms with van der Waals surface area (Å²) < 4.78 is 32.0. The third-order valence-corrected chi connectivity index (χ3v) is 3.69. The van der Waals surface area contributed by atoms with Gasteiger partial charge in [-0.15, -0.1) is 0 Å². The maximum Gasteiger partial charge on any atom is 0.343 e. The van der Waals surface area contributed by atoms with Crippen LogP contribution in [0.4, 0.5) is 8.78 Å². The van der Waals surface area contributed by atoms with E-state index in [2.05, 4.69) is 0 Å². The van der Waals surface area contributed by atoms with Crippen molar-refractivity contribution >= 4 is 6.29 Å². The molecule has 0 spiro atoms. The molecule has 0 heterocycles. The third kappa shape index (κ3) is 4.59. The Labute approximate surface area is 138 Å². The minimum Gasteiger partial charge on any atom is -0.489 e. The first-order chi connectivity index (χ1) is 11.3. The van der Waals surface area contributed by atoms with Crippen LogP contribution in [0.5, 0.6) is 5.75 Å². The van der Waals surface area contributed by atoms with E-state index >= 15 is 0 Å². The van der Waals surface area contributed by atoms with E-state index in [9.17, 15) is 18.7 Å². The molecular weight excluding hydrogens is 316 g/mol. The molecule has 3 N–H and O–H groups in total. The lowest BCUT2D eigenvalue weighted by Crippen LogP contribution is -2.56. The van der Waals surface area contributed by atoms with Crippen LogP contribution in [0.1, 0.15) is 17.5 Å². The molecule has 2 aromatic carbocycles. The first kappa shape index (κ1) is 18.0. The summed E-state index contributed by atoms with van der Waals surface area (Å²) in [5.74, 6) is -3.34. The van der Waals surface area contributed by atoms with Crippen molar-refractivity contribution in [3.8, 4) is 5.75 Å². The second kappa shape index (κ2) is 7.51. The van der Waals surface area contributed by atoms with Crippen LogP contribution in [-0.4, -0.2) is 23.0 Å². The predicted molar refractivity (Wildman–Crippen MR) is 85.7 cm³/mol. The Balaban J connectivity index is 1.89. The maximum atomic E-state index is 13.2. The number of aliphatic hydroxyl groups is 1. The van der Waals surface area contributed by atoms with E-state index in [0.717, 1.165) is 5.56 Å². The first-order valence-corrected chi connectivity index (χ1v) is 7.45. The van der Waals surface area contributed by atoms with Crippen molar-refractivity contribution in [2.75, 3.05) is 0 Å². The van der Waals surface area contributed by atoms with Crippen LogP contribution in [0.2, 0.25) is 0 Å². The molecule has 1 unspecified atom stereocenters. The Morgan fingerprint density at radius 2 is 1.67 bits per heavy atom. The molecule has 0 aliphatic heterocycles. The highest BCUT2D eigenvalue weighted by molar-refractivity contribution is 5.61. The van der Waals surface area contributed by atoms with Gasteiger partial charge in [-0.3, -0.25) is 10.5 Å². The smallest absolute Gasteiger partial charge is 0.343 e. The lowest BCUT2D eigenvalue weighted by atomic mass is 9.98. The molecule has 1 atom stereocenters. The van der Waals surface area contributed by atoms with Crippen LogP contribution in [0, 0.1) is 0 Å². The highest BCUT2D eigenvalue weighted by Crippen LogP contribution is 2.27. The molecule has 0 amide bonds. The summed E-state index contributed by atoms with van der Waals surface area (Å²) in [5.41, 5.74) is 4.02. The number of aldehydes is 1. The van der Waals surface area contributed by atoms with E-state index in [1.165, 1.54) is 0 Å². The fourth-order valence-electron chi connectivity index (χ4n) is 2.10. The Bertz CT molecular complexity index is 658. The number of rotatable bonds is 8. The SMILES string of the molecule is NC(O)(CCc1ccc(OCc2ccccc2)cc1)C(F)(F)C=O. The molecule has 24 heavy (non-hydrogen) atoms. The van der Waals surface area contributed by atoms with Gasteiger partial charge in [-0.05, 0) is 29.7 Å². The van der Waals surface area contributed by atoms with Gasteiger partial charge in [0.1, 0.15) is 12.4 Å². The van der Waals surface area contributed by atoms with E-state index < -0.39 is 24.4 Å². The number of halogens is 2. The van der Waals surface area contributed by atoms with Gasteiger partial charge in [-0.2, -0.15) is 8.78 Å². The van der Waals surface area contributed by atoms with E-state index in [0.29, 0.717) is 17.9 Å². The number of nitrogens with two attached hydrogens (primary N) is 1.